The second-order valence-electron chi connectivity index (χ2n) is 15.0. The van der Waals surface area contributed by atoms with Crippen molar-refractivity contribution in [1.29, 1.82) is 0 Å². The summed E-state index contributed by atoms with van der Waals surface area (Å²) in [5.41, 5.74) is 2.83. The summed E-state index contributed by atoms with van der Waals surface area (Å²) < 4.78 is 41.4. The molecule has 0 N–H and O–H groups in total. The molecule has 0 fully saturated rings. The van der Waals surface area contributed by atoms with Gasteiger partial charge in [-0.1, -0.05) is 0 Å². The van der Waals surface area contributed by atoms with Gasteiger partial charge in [0.2, 0.25) is 0 Å². The van der Waals surface area contributed by atoms with Crippen LogP contribution in [0.5, 0.6) is 17.2 Å². The quantitative estimate of drug-likeness (QED) is 0.0328. The van der Waals surface area contributed by atoms with Crippen LogP contribution in [0.15, 0.2) is 66.7 Å². The molecule has 0 aliphatic rings. The van der Waals surface area contributed by atoms with Crippen molar-refractivity contribution in [2.75, 3.05) is 19.4 Å². The van der Waals surface area contributed by atoms with Gasteiger partial charge in [0.05, 0.1) is 0 Å². The third-order valence-corrected chi connectivity index (χ3v) is 358. The fourth-order valence-corrected chi connectivity index (χ4v) is 714. The molecular weight excluding hydrogens is 2020 g/mol. The second kappa shape index (κ2) is 50.7. The molecule has 0 spiro atoms. The van der Waals surface area contributed by atoms with Crippen molar-refractivity contribution < 1.29 is 41.0 Å². The van der Waals surface area contributed by atoms with Gasteiger partial charge in [-0.2, -0.15) is 0 Å². The van der Waals surface area contributed by atoms with Gasteiger partial charge >= 0.3 is 573 Å². The summed E-state index contributed by atoms with van der Waals surface area (Å²) in [6.45, 7) is -10.5. The van der Waals surface area contributed by atoms with E-state index in [0.717, 1.165) is 29.0 Å². The Hall–Kier alpha value is 18.9. The van der Waals surface area contributed by atoms with Gasteiger partial charge in [-0.05, 0) is 0 Å². The maximum atomic E-state index is 15.0. The Morgan fingerprint density at radius 2 is 0.695 bits per heavy atom. The summed E-state index contributed by atoms with van der Waals surface area (Å²) >= 11 is -2.07. The fourth-order valence-electron chi connectivity index (χ4n) is 6.00. The first-order chi connectivity index (χ1) is 38.2. The van der Waals surface area contributed by atoms with Crippen molar-refractivity contribution in [1.82, 2.24) is 0 Å². The Labute approximate surface area is 584 Å². The third kappa shape index (κ3) is 32.1. The summed E-state index contributed by atoms with van der Waals surface area (Å²) in [5.74, 6) is 2.10. The topological polar surface area (TPSA) is 71.1 Å². The van der Waals surface area contributed by atoms with Crippen molar-refractivity contribution in [3.8, 4) is 17.2 Å². The van der Waals surface area contributed by atoms with E-state index in [4.69, 9.17) is 18.7 Å². The number of methoxy groups -OCH3 is 1. The number of hydrogen-bond acceptors (Lipinski definition) is 6. The Morgan fingerprint density at radius 1 is 0.390 bits per heavy atom. The van der Waals surface area contributed by atoms with Crippen LogP contribution < -0.4 is 18.5 Å². The number of ketones is 1. The van der Waals surface area contributed by atoms with Crippen LogP contribution in [0.2, 0.25) is 0 Å². The molecule has 58 heteroatoms. The molecule has 6 nitrogen and oxygen atoms in total. The number of rotatable bonds is 36. The van der Waals surface area contributed by atoms with Gasteiger partial charge in [0.25, 0.3) is 0 Å². The Bertz CT molecular complexity index is 2240. The molecule has 471 valence electrons. The molecule has 3 aromatic carbocycles. The van der Waals surface area contributed by atoms with Gasteiger partial charge < -0.3 is 4.74 Å². The van der Waals surface area contributed by atoms with E-state index >= 15 is 3.87 Å². The van der Waals surface area contributed by atoms with E-state index in [0.29, 0.717) is 15.8 Å². The van der Waals surface area contributed by atoms with Gasteiger partial charge in [-0.15, -0.1) is 0 Å². The Morgan fingerprint density at radius 3 is 1.01 bits per heavy atom. The van der Waals surface area contributed by atoms with Crippen molar-refractivity contribution >= 4 is 418 Å². The molecule has 29 unspecified atom stereocenters. The molecule has 0 amide bonds. The normalized spacial score (nSPS) is 14.4. The van der Waals surface area contributed by atoms with Crippen molar-refractivity contribution in [2.24, 2.45) is 0 Å². The first-order valence-corrected chi connectivity index (χ1v) is 115. The zero-order valence-electron chi connectivity index (χ0n) is 43.4. The second-order valence-corrected chi connectivity index (χ2v) is 226. The molecule has 0 saturated heterocycles. The zero-order chi connectivity index (χ0) is 62.4. The number of benzene rings is 3. The van der Waals surface area contributed by atoms with Gasteiger partial charge in [0, 0.05) is 7.11 Å². The summed E-state index contributed by atoms with van der Waals surface area (Å²) in [5, 5.41) is 0. The molecule has 0 heterocycles. The van der Waals surface area contributed by atoms with E-state index < -0.39 is 189 Å². The SMILES string of the molecule is COCOc1ccc(Cc2ccc(O[CH2][Co](=[O])[c]3cc(OP(P(P(P(P)P)P(P)P)P(P(P)P)P(P(P)P)P(P)P)P(P(P(P(P)P)P(P)P)P(P(P)P)P(P)P)P(P(P(P)P)P(P)P)P(P(P)P)P(P)P)cc(C(C)=O)c3)cc2)cc1. The summed E-state index contributed by atoms with van der Waals surface area (Å²) in [6, 6.07) is 22.1. The first-order valence-electron chi connectivity index (χ1n) is 21.2. The maximum absolute atomic E-state index is 15.0. The van der Waals surface area contributed by atoms with Crippen molar-refractivity contribution in [2.45, 2.75) is 13.3 Å². The molecule has 0 saturated carbocycles. The number of carbonyl (C=O) groups is 1. The fraction of sp³-hybridized carbons (Fsp3) is 0.208. The van der Waals surface area contributed by atoms with E-state index in [2.05, 4.69) is 269 Å². The zero-order valence-corrected chi connectivity index (χ0v) is 96.9. The predicted molar refractivity (Wildman–Crippen MR) is 537 cm³/mol. The number of hydrogen-bond donors (Lipinski definition) is 0. The minimum atomic E-state index is -2.07. The van der Waals surface area contributed by atoms with Crippen molar-refractivity contribution in [3.63, 3.8) is 0 Å². The molecular formula is C24H75CoO6P51. The molecule has 82 heavy (non-hydrogen) atoms. The standard InChI is InChI=1S/C16H17O3.C8H58O2P51.Co.O/c1-17-12-19-16-9-5-14(6-10-16)11-13-3-7-15(18-2)8-4-13;1-6(9)7-3-2-4-8(5-7)10-37(51(53(38(11)12)39(13)14)59(50(35)36)54(40(15)16)41(17)18)52(60(55(42(19)20)43(21)22)56(44(23)24)45(25)26)61(57(46(27)28)47(29)30)58(48(31)32)49(33)34;;/h3-10H,2,11-12H2,1H3;3-5H,11-36H2,1H3;;. The van der Waals surface area contributed by atoms with Gasteiger partial charge in [0.15, 0.2) is 6.79 Å². The molecule has 0 bridgehead atoms. The van der Waals surface area contributed by atoms with Crippen LogP contribution in [-0.4, -0.2) is 25.2 Å². The minimum absolute atomic E-state index is 0.0209. The van der Waals surface area contributed by atoms with Crippen molar-refractivity contribution in [3.05, 3.63) is 83.4 Å². The van der Waals surface area contributed by atoms with Crippen LogP contribution in [-0.2, 0) is 28.6 Å². The molecule has 0 aromatic heterocycles. The van der Waals surface area contributed by atoms with Gasteiger partial charge in [-0.25, -0.2) is 0 Å². The first kappa shape index (κ1) is 95.1. The van der Waals surface area contributed by atoms with E-state index in [1.54, 1.807) is 14.0 Å². The van der Waals surface area contributed by atoms with E-state index in [9.17, 15) is 4.79 Å². The van der Waals surface area contributed by atoms with Crippen LogP contribution in [0, 0.1) is 0 Å². The van der Waals surface area contributed by atoms with E-state index in [-0.39, 0.29) is 18.1 Å². The number of Topliss-reactive ketones (excluding diaryl/α,β-unsaturated/α-hetero) is 1. The van der Waals surface area contributed by atoms with Crippen LogP contribution in [0.1, 0.15) is 28.4 Å². The summed E-state index contributed by atoms with van der Waals surface area (Å²) in [4.78, 5) is 14.0. The predicted octanol–water partition coefficient (Wildman–Crippen LogP) is 33.9. The average molecular weight is 2100 g/mol. The molecule has 3 rings (SSSR count). The van der Waals surface area contributed by atoms with Crippen LogP contribution >= 0.6 is 407 Å². The van der Waals surface area contributed by atoms with E-state index in [1.165, 1.54) is 0 Å². The van der Waals surface area contributed by atoms with Gasteiger partial charge in [0.1, 0.15) is 0 Å². The molecule has 0 radical (unpaired) electrons. The average Bonchev–Trinajstić information content (AvgIpc) is 3.34. The summed E-state index contributed by atoms with van der Waals surface area (Å²) in [6.07, 6.45) is 0.751. The van der Waals surface area contributed by atoms with Crippen LogP contribution in [0.4, 0.5) is 0 Å². The summed E-state index contributed by atoms with van der Waals surface area (Å²) in [7, 11) is 89.8. The van der Waals surface area contributed by atoms with Crippen LogP contribution in [0.3, 0.4) is 0 Å². The third-order valence-electron chi connectivity index (χ3n) is 9.00. The monoisotopic (exact) mass is 2100 g/mol. The molecule has 0 aliphatic carbocycles. The Balaban J connectivity index is 2.66. The molecule has 29 atom stereocenters. The van der Waals surface area contributed by atoms with E-state index in [1.807, 2.05) is 30.3 Å². The molecule has 3 aromatic rings. The Kier molecular flexibility index (Phi) is 58.8. The number of ether oxygens (including phenoxy) is 3. The molecule has 0 aliphatic heterocycles. The van der Waals surface area contributed by atoms with Gasteiger partial charge in [-0.3, -0.25) is 0 Å². The van der Waals surface area contributed by atoms with Crippen LogP contribution in [0.25, 0.3) is 0 Å². The number of carbonyl (C=O) groups excluding carboxylic acids is 1.